The van der Waals surface area contributed by atoms with E-state index >= 15 is 0 Å². The molecule has 1 aromatic heterocycles. The number of hydrogen-bond acceptors (Lipinski definition) is 4. The molecule has 2 aromatic carbocycles. The standard InChI is InChI=1S/C23H19NO3/c1-13-9-15-7-8-16(22(25)18(15)10-14(13)2)11-19-17-5-3-4-6-21(17)27-23(26)20(19)12-24/h3-10,16,22,25H,11H2,1-2H3/t16-,22-/m0/s1. The number of nitrogens with zero attached hydrogens (tertiary/aromatic N) is 1. The summed E-state index contributed by atoms with van der Waals surface area (Å²) in [7, 11) is 0. The second-order valence-electron chi connectivity index (χ2n) is 7.09. The summed E-state index contributed by atoms with van der Waals surface area (Å²) in [6.45, 7) is 4.08. The van der Waals surface area contributed by atoms with E-state index in [9.17, 15) is 15.2 Å². The number of hydrogen-bond donors (Lipinski definition) is 1. The zero-order chi connectivity index (χ0) is 19.1. The third-order valence-corrected chi connectivity index (χ3v) is 5.42. The molecule has 0 fully saturated rings. The molecule has 0 unspecified atom stereocenters. The molecule has 1 heterocycles. The van der Waals surface area contributed by atoms with Crippen molar-refractivity contribution in [2.75, 3.05) is 0 Å². The molecule has 1 aliphatic carbocycles. The zero-order valence-electron chi connectivity index (χ0n) is 15.2. The van der Waals surface area contributed by atoms with Crippen LogP contribution < -0.4 is 5.63 Å². The fraction of sp³-hybridized carbons (Fsp3) is 0.217. The average Bonchev–Trinajstić information content (AvgIpc) is 2.65. The Bertz CT molecular complexity index is 1180. The van der Waals surface area contributed by atoms with Crippen LogP contribution in [0.15, 0.2) is 51.7 Å². The molecule has 4 nitrogen and oxygen atoms in total. The predicted octanol–water partition coefficient (Wildman–Crippen LogP) is 4.20. The third-order valence-electron chi connectivity index (χ3n) is 5.42. The third kappa shape index (κ3) is 2.87. The van der Waals surface area contributed by atoms with Gasteiger partial charge in [-0.05, 0) is 54.2 Å². The first kappa shape index (κ1) is 17.3. The summed E-state index contributed by atoms with van der Waals surface area (Å²) in [5.41, 5.74) is 4.68. The maximum Gasteiger partial charge on any atom is 0.354 e. The molecular weight excluding hydrogens is 338 g/mol. The highest BCUT2D eigenvalue weighted by Gasteiger charge is 2.27. The number of benzene rings is 2. The van der Waals surface area contributed by atoms with E-state index in [1.165, 1.54) is 5.56 Å². The summed E-state index contributed by atoms with van der Waals surface area (Å²) >= 11 is 0. The number of aliphatic hydroxyl groups excluding tert-OH is 1. The summed E-state index contributed by atoms with van der Waals surface area (Å²) in [5, 5.41) is 21.2. The van der Waals surface area contributed by atoms with Gasteiger partial charge in [0.25, 0.3) is 0 Å². The van der Waals surface area contributed by atoms with Crippen LogP contribution in [0.3, 0.4) is 0 Å². The molecule has 27 heavy (non-hydrogen) atoms. The Morgan fingerprint density at radius 2 is 1.93 bits per heavy atom. The monoisotopic (exact) mass is 357 g/mol. The quantitative estimate of drug-likeness (QED) is 0.698. The fourth-order valence-corrected chi connectivity index (χ4v) is 3.78. The number of nitriles is 1. The van der Waals surface area contributed by atoms with Crippen LogP contribution in [0.5, 0.6) is 0 Å². The van der Waals surface area contributed by atoms with Crippen LogP contribution in [0.4, 0.5) is 0 Å². The normalized spacial score (nSPS) is 18.3. The second kappa shape index (κ2) is 6.53. The van der Waals surface area contributed by atoms with Gasteiger partial charge in [-0.3, -0.25) is 0 Å². The minimum absolute atomic E-state index is 0.0141. The molecule has 1 aliphatic rings. The van der Waals surface area contributed by atoms with Crippen molar-refractivity contribution >= 4 is 17.0 Å². The van der Waals surface area contributed by atoms with E-state index in [-0.39, 0.29) is 11.5 Å². The summed E-state index contributed by atoms with van der Waals surface area (Å²) < 4.78 is 5.27. The Morgan fingerprint density at radius 1 is 1.19 bits per heavy atom. The lowest BCUT2D eigenvalue weighted by Gasteiger charge is -2.27. The first-order valence-corrected chi connectivity index (χ1v) is 8.92. The van der Waals surface area contributed by atoms with Crippen LogP contribution in [-0.2, 0) is 6.42 Å². The molecule has 2 atom stereocenters. The fourth-order valence-electron chi connectivity index (χ4n) is 3.78. The van der Waals surface area contributed by atoms with E-state index in [2.05, 4.69) is 13.0 Å². The Morgan fingerprint density at radius 3 is 2.70 bits per heavy atom. The second-order valence-corrected chi connectivity index (χ2v) is 7.09. The Hall–Kier alpha value is -3.16. The average molecular weight is 357 g/mol. The smallest absolute Gasteiger partial charge is 0.354 e. The number of para-hydroxylation sites is 1. The highest BCUT2D eigenvalue weighted by Crippen LogP contribution is 2.36. The molecule has 1 N–H and O–H groups in total. The molecule has 0 saturated carbocycles. The van der Waals surface area contributed by atoms with Crippen molar-refractivity contribution < 1.29 is 9.52 Å². The van der Waals surface area contributed by atoms with Crippen LogP contribution in [-0.4, -0.2) is 5.11 Å². The summed E-state index contributed by atoms with van der Waals surface area (Å²) in [5.74, 6) is -0.225. The minimum atomic E-state index is -0.693. The SMILES string of the molecule is Cc1cc2c(cc1C)[C@@H](O)[C@H](Cc1c(C#N)c(=O)oc3ccccc13)C=C2. The topological polar surface area (TPSA) is 74.2 Å². The lowest BCUT2D eigenvalue weighted by Crippen LogP contribution is -2.20. The number of fused-ring (bicyclic) bond motifs is 2. The van der Waals surface area contributed by atoms with Crippen LogP contribution in [0.25, 0.3) is 17.0 Å². The zero-order valence-corrected chi connectivity index (χ0v) is 15.2. The molecule has 4 heteroatoms. The number of rotatable bonds is 2. The van der Waals surface area contributed by atoms with Gasteiger partial charge in [0.15, 0.2) is 0 Å². The largest absolute Gasteiger partial charge is 0.422 e. The first-order valence-electron chi connectivity index (χ1n) is 8.92. The summed E-state index contributed by atoms with van der Waals surface area (Å²) in [6.07, 6.45) is 3.67. The van der Waals surface area contributed by atoms with Gasteiger partial charge in [0.1, 0.15) is 17.2 Å². The van der Waals surface area contributed by atoms with Crippen LogP contribution in [0.2, 0.25) is 0 Å². The lowest BCUT2D eigenvalue weighted by molar-refractivity contribution is 0.130. The van der Waals surface area contributed by atoms with Crippen LogP contribution in [0, 0.1) is 31.1 Å². The molecule has 0 saturated heterocycles. The Kier molecular flexibility index (Phi) is 4.18. The van der Waals surface area contributed by atoms with Gasteiger partial charge in [-0.15, -0.1) is 0 Å². The van der Waals surface area contributed by atoms with Gasteiger partial charge >= 0.3 is 5.63 Å². The van der Waals surface area contributed by atoms with Gasteiger partial charge in [0, 0.05) is 11.3 Å². The van der Waals surface area contributed by atoms with Crippen molar-refractivity contribution in [3.8, 4) is 6.07 Å². The van der Waals surface area contributed by atoms with E-state index in [1.807, 2.05) is 43.3 Å². The minimum Gasteiger partial charge on any atom is -0.422 e. The molecule has 4 rings (SSSR count). The molecule has 0 spiro atoms. The van der Waals surface area contributed by atoms with E-state index in [0.717, 1.165) is 22.1 Å². The van der Waals surface area contributed by atoms with E-state index in [4.69, 9.17) is 4.42 Å². The summed E-state index contributed by atoms with van der Waals surface area (Å²) in [4.78, 5) is 12.2. The molecule has 0 aliphatic heterocycles. The molecule has 134 valence electrons. The van der Waals surface area contributed by atoms with E-state index < -0.39 is 11.7 Å². The molecule has 0 radical (unpaired) electrons. The van der Waals surface area contributed by atoms with Crippen LogP contribution in [0.1, 0.15) is 39.5 Å². The van der Waals surface area contributed by atoms with Gasteiger partial charge in [-0.25, -0.2) is 4.79 Å². The Labute approximate surface area is 157 Å². The van der Waals surface area contributed by atoms with Crippen LogP contribution >= 0.6 is 0 Å². The maximum absolute atomic E-state index is 12.2. The lowest BCUT2D eigenvalue weighted by atomic mass is 9.81. The van der Waals surface area contributed by atoms with Crippen molar-refractivity contribution in [1.29, 1.82) is 5.26 Å². The first-order chi connectivity index (χ1) is 13.0. The highest BCUT2D eigenvalue weighted by molar-refractivity contribution is 5.82. The maximum atomic E-state index is 12.2. The Balaban J connectivity index is 1.81. The summed E-state index contributed by atoms with van der Waals surface area (Å²) in [6, 6.07) is 13.3. The molecule has 0 bridgehead atoms. The van der Waals surface area contributed by atoms with E-state index in [1.54, 1.807) is 12.1 Å². The molecular formula is C23H19NO3. The van der Waals surface area contributed by atoms with Gasteiger partial charge < -0.3 is 9.52 Å². The van der Waals surface area contributed by atoms with E-state index in [0.29, 0.717) is 17.6 Å². The van der Waals surface area contributed by atoms with Gasteiger partial charge in [-0.2, -0.15) is 5.26 Å². The van der Waals surface area contributed by atoms with Crippen molar-refractivity contribution in [3.05, 3.63) is 86.3 Å². The van der Waals surface area contributed by atoms with Crippen molar-refractivity contribution in [2.45, 2.75) is 26.4 Å². The van der Waals surface area contributed by atoms with Crippen molar-refractivity contribution in [2.24, 2.45) is 5.92 Å². The number of aliphatic hydroxyl groups is 1. The van der Waals surface area contributed by atoms with Gasteiger partial charge in [0.2, 0.25) is 0 Å². The number of aryl methyl sites for hydroxylation is 2. The van der Waals surface area contributed by atoms with Gasteiger partial charge in [0.05, 0.1) is 6.10 Å². The highest BCUT2D eigenvalue weighted by atomic mass is 16.4. The van der Waals surface area contributed by atoms with Crippen molar-refractivity contribution in [3.63, 3.8) is 0 Å². The molecule has 0 amide bonds. The van der Waals surface area contributed by atoms with Crippen molar-refractivity contribution in [1.82, 2.24) is 0 Å². The molecule has 3 aromatic rings. The van der Waals surface area contributed by atoms with Gasteiger partial charge in [-0.1, -0.05) is 42.5 Å². The predicted molar refractivity (Wildman–Crippen MR) is 104 cm³/mol.